The van der Waals surface area contributed by atoms with Crippen molar-refractivity contribution in [3.8, 4) is 0 Å². The minimum absolute atomic E-state index is 0.0121. The molecule has 3 saturated heterocycles. The van der Waals surface area contributed by atoms with E-state index >= 15 is 0 Å². The van der Waals surface area contributed by atoms with Crippen LogP contribution in [-0.4, -0.2) is 78.9 Å². The standard InChI is InChI=1S/C31H45NO6/c1-20(11-13-28-29(35)31(19-36-31)17-30(4,18-33)38-28)10-12-27-21(2)14-24(22(3)37-27)16-26(34)23-8-7-9-25(15-23)32(5)6/h7-11,13,15,21-22,24,27-29,33,35H,12,14,16-19H2,1-6H3/b13-11+,20-10+/t21-,22+,24-,27-,28+,29+,30+,31+/m0/s1. The van der Waals surface area contributed by atoms with Crippen molar-refractivity contribution < 1.29 is 29.2 Å². The normalized spacial score (nSPS) is 37.5. The summed E-state index contributed by atoms with van der Waals surface area (Å²) in [7, 11) is 3.96. The molecule has 0 bridgehead atoms. The van der Waals surface area contributed by atoms with Crippen LogP contribution >= 0.6 is 0 Å². The summed E-state index contributed by atoms with van der Waals surface area (Å²) in [5, 5.41) is 20.5. The molecule has 7 heteroatoms. The zero-order valence-electron chi connectivity index (χ0n) is 23.7. The molecule has 8 atom stereocenters. The van der Waals surface area contributed by atoms with Gasteiger partial charge in [-0.05, 0) is 57.6 Å². The van der Waals surface area contributed by atoms with E-state index in [2.05, 4.69) is 19.9 Å². The number of hydrogen-bond donors (Lipinski definition) is 2. The number of aliphatic hydroxyl groups is 2. The fraction of sp³-hybridized carbons (Fsp3) is 0.645. The van der Waals surface area contributed by atoms with Gasteiger partial charge in [-0.2, -0.15) is 0 Å². The highest BCUT2D eigenvalue weighted by Gasteiger charge is 2.61. The number of nitrogens with zero attached hydrogens (tertiary/aromatic N) is 1. The maximum absolute atomic E-state index is 13.0. The van der Waals surface area contributed by atoms with E-state index in [0.717, 1.165) is 29.7 Å². The molecule has 0 unspecified atom stereocenters. The van der Waals surface area contributed by atoms with Gasteiger partial charge in [0.25, 0.3) is 0 Å². The van der Waals surface area contributed by atoms with Crippen LogP contribution in [0.2, 0.25) is 0 Å². The van der Waals surface area contributed by atoms with Crippen LogP contribution in [-0.2, 0) is 14.2 Å². The van der Waals surface area contributed by atoms with Crippen LogP contribution in [0.5, 0.6) is 0 Å². The maximum Gasteiger partial charge on any atom is 0.163 e. The zero-order valence-corrected chi connectivity index (χ0v) is 23.7. The summed E-state index contributed by atoms with van der Waals surface area (Å²) >= 11 is 0. The first-order valence-corrected chi connectivity index (χ1v) is 13.9. The molecule has 0 saturated carbocycles. The molecule has 1 aromatic rings. The fourth-order valence-corrected chi connectivity index (χ4v) is 5.88. The molecule has 0 aliphatic carbocycles. The summed E-state index contributed by atoms with van der Waals surface area (Å²) < 4.78 is 18.0. The van der Waals surface area contributed by atoms with E-state index < -0.39 is 23.4 Å². The zero-order chi connectivity index (χ0) is 27.7. The Balaban J connectivity index is 1.31. The van der Waals surface area contributed by atoms with Crippen LogP contribution in [0.1, 0.15) is 63.7 Å². The molecule has 3 heterocycles. The third-order valence-electron chi connectivity index (χ3n) is 8.51. The van der Waals surface area contributed by atoms with E-state index in [0.29, 0.717) is 25.4 Å². The SMILES string of the molecule is CC(/C=C/[C@H]1O[C@@](C)(CO)C[C@@]2(CO2)[C@@H]1O)=C\C[C@@H]1O[C@H](C)[C@H](CC(=O)c2cccc(N(C)C)c2)C[C@@H]1C. The Morgan fingerprint density at radius 1 is 1.26 bits per heavy atom. The Kier molecular flexibility index (Phi) is 8.85. The molecule has 3 aliphatic rings. The van der Waals surface area contributed by atoms with Gasteiger partial charge in [-0.1, -0.05) is 42.9 Å². The predicted molar refractivity (Wildman–Crippen MR) is 149 cm³/mol. The van der Waals surface area contributed by atoms with Crippen molar-refractivity contribution >= 4 is 11.5 Å². The highest BCUT2D eigenvalue weighted by atomic mass is 16.6. The van der Waals surface area contributed by atoms with Crippen LogP contribution < -0.4 is 4.90 Å². The van der Waals surface area contributed by atoms with Gasteiger partial charge in [0, 0.05) is 38.2 Å². The third kappa shape index (κ3) is 6.57. The molecule has 7 nitrogen and oxygen atoms in total. The lowest BCUT2D eigenvalue weighted by Crippen LogP contribution is -2.56. The van der Waals surface area contributed by atoms with Crippen molar-refractivity contribution in [3.05, 3.63) is 53.6 Å². The molecule has 38 heavy (non-hydrogen) atoms. The summed E-state index contributed by atoms with van der Waals surface area (Å²) in [6, 6.07) is 7.81. The molecule has 1 spiro atoms. The van der Waals surface area contributed by atoms with E-state index in [-0.39, 0.29) is 30.5 Å². The maximum atomic E-state index is 13.0. The Morgan fingerprint density at radius 3 is 2.66 bits per heavy atom. The quantitative estimate of drug-likeness (QED) is 0.281. The molecule has 0 radical (unpaired) electrons. The Morgan fingerprint density at radius 2 is 2.00 bits per heavy atom. The molecule has 2 N–H and O–H groups in total. The van der Waals surface area contributed by atoms with Gasteiger partial charge in [0.2, 0.25) is 0 Å². The molecular weight excluding hydrogens is 482 g/mol. The highest BCUT2D eigenvalue weighted by Crippen LogP contribution is 2.46. The Labute approximate surface area is 227 Å². The van der Waals surface area contributed by atoms with Crippen molar-refractivity contribution in [2.75, 3.05) is 32.2 Å². The van der Waals surface area contributed by atoms with E-state index in [4.69, 9.17) is 14.2 Å². The van der Waals surface area contributed by atoms with Crippen LogP contribution in [0, 0.1) is 11.8 Å². The minimum atomic E-state index is -0.751. The van der Waals surface area contributed by atoms with Gasteiger partial charge in [0.1, 0.15) is 17.8 Å². The average molecular weight is 528 g/mol. The summed E-state index contributed by atoms with van der Waals surface area (Å²) in [6.07, 6.45) is 7.53. The number of aliphatic hydroxyl groups excluding tert-OH is 2. The van der Waals surface area contributed by atoms with Crippen molar-refractivity contribution in [2.24, 2.45) is 11.8 Å². The first kappa shape index (κ1) is 29.0. The van der Waals surface area contributed by atoms with Gasteiger partial charge in [-0.15, -0.1) is 0 Å². The van der Waals surface area contributed by atoms with Crippen LogP contribution in [0.3, 0.4) is 0 Å². The van der Waals surface area contributed by atoms with E-state index in [1.165, 1.54) is 0 Å². The van der Waals surface area contributed by atoms with Gasteiger partial charge in [-0.25, -0.2) is 0 Å². The second-order valence-corrected chi connectivity index (χ2v) is 12.1. The lowest BCUT2D eigenvalue weighted by atomic mass is 9.80. The van der Waals surface area contributed by atoms with Gasteiger partial charge < -0.3 is 29.3 Å². The third-order valence-corrected chi connectivity index (χ3v) is 8.51. The number of rotatable bonds is 9. The predicted octanol–water partition coefficient (Wildman–Crippen LogP) is 4.32. The van der Waals surface area contributed by atoms with E-state index in [1.54, 1.807) is 0 Å². The first-order valence-electron chi connectivity index (χ1n) is 13.9. The molecule has 0 aromatic heterocycles. The molecule has 210 valence electrons. The topological polar surface area (TPSA) is 91.8 Å². The second-order valence-electron chi connectivity index (χ2n) is 12.1. The van der Waals surface area contributed by atoms with Crippen molar-refractivity contribution in [2.45, 2.75) is 89.0 Å². The lowest BCUT2D eigenvalue weighted by molar-refractivity contribution is -0.192. The van der Waals surface area contributed by atoms with Crippen molar-refractivity contribution in [3.63, 3.8) is 0 Å². The summed E-state index contributed by atoms with van der Waals surface area (Å²) in [6.45, 7) is 8.55. The largest absolute Gasteiger partial charge is 0.393 e. The Hall–Kier alpha value is -2.03. The van der Waals surface area contributed by atoms with Gasteiger partial charge in [-0.3, -0.25) is 4.79 Å². The number of carbonyl (C=O) groups excluding carboxylic acids is 1. The number of benzene rings is 1. The number of anilines is 1. The summed E-state index contributed by atoms with van der Waals surface area (Å²) in [5.74, 6) is 0.707. The van der Waals surface area contributed by atoms with Crippen LogP contribution in [0.15, 0.2) is 48.1 Å². The van der Waals surface area contributed by atoms with Gasteiger partial charge in [0.15, 0.2) is 5.78 Å². The molecule has 4 rings (SSSR count). The number of ketones is 1. The number of carbonyl (C=O) groups is 1. The summed E-state index contributed by atoms with van der Waals surface area (Å²) in [5.41, 5.74) is 1.52. The van der Waals surface area contributed by atoms with E-state index in [1.807, 2.05) is 69.3 Å². The number of epoxide rings is 1. The smallest absolute Gasteiger partial charge is 0.163 e. The number of allylic oxidation sites excluding steroid dienone is 2. The number of hydrogen-bond acceptors (Lipinski definition) is 7. The number of ether oxygens (including phenoxy) is 3. The first-order chi connectivity index (χ1) is 17.9. The molecule has 1 aromatic carbocycles. The molecular formula is C31H45NO6. The average Bonchev–Trinajstić information content (AvgIpc) is 3.66. The van der Waals surface area contributed by atoms with Crippen LogP contribution in [0.4, 0.5) is 5.69 Å². The highest BCUT2D eigenvalue weighted by molar-refractivity contribution is 5.97. The van der Waals surface area contributed by atoms with Gasteiger partial charge in [0.05, 0.1) is 31.0 Å². The van der Waals surface area contributed by atoms with Crippen molar-refractivity contribution in [1.29, 1.82) is 0 Å². The lowest BCUT2D eigenvalue weighted by Gasteiger charge is -2.42. The molecule has 0 amide bonds. The monoisotopic (exact) mass is 527 g/mol. The molecule has 3 aliphatic heterocycles. The van der Waals surface area contributed by atoms with Crippen LogP contribution in [0.25, 0.3) is 0 Å². The second kappa shape index (κ2) is 11.6. The Bertz CT molecular complexity index is 1050. The van der Waals surface area contributed by atoms with Gasteiger partial charge >= 0.3 is 0 Å². The minimum Gasteiger partial charge on any atom is -0.393 e. The van der Waals surface area contributed by atoms with Crippen molar-refractivity contribution in [1.82, 2.24) is 0 Å². The fourth-order valence-electron chi connectivity index (χ4n) is 5.88. The number of Topliss-reactive ketones (excluding diaryl/α,β-unsaturated/α-hetero) is 1. The molecule has 3 fully saturated rings. The van der Waals surface area contributed by atoms with E-state index in [9.17, 15) is 15.0 Å². The summed E-state index contributed by atoms with van der Waals surface area (Å²) in [4.78, 5) is 15.0.